The van der Waals surface area contributed by atoms with Crippen LogP contribution >= 0.6 is 0 Å². The monoisotopic (exact) mass is 249 g/mol. The molecule has 0 aliphatic carbocycles. The van der Waals surface area contributed by atoms with Crippen LogP contribution < -0.4 is 10.1 Å². The molecule has 0 aromatic heterocycles. The summed E-state index contributed by atoms with van der Waals surface area (Å²) in [6.07, 6.45) is 1.13. The highest BCUT2D eigenvalue weighted by atomic mass is 16.5. The molecule has 0 radical (unpaired) electrons. The largest absolute Gasteiger partial charge is 0.496 e. The summed E-state index contributed by atoms with van der Waals surface area (Å²) in [6.45, 7) is 10.0. The Hall–Kier alpha value is -1.02. The first-order valence-corrected chi connectivity index (χ1v) is 6.73. The SMILES string of the molecule is CNCCC(C)c1cc(C(C)(C)C)ccc1OC. The molecule has 0 aliphatic rings. The lowest BCUT2D eigenvalue weighted by Gasteiger charge is -2.23. The van der Waals surface area contributed by atoms with E-state index in [9.17, 15) is 0 Å². The van der Waals surface area contributed by atoms with Crippen molar-refractivity contribution < 1.29 is 4.74 Å². The van der Waals surface area contributed by atoms with Gasteiger partial charge in [-0.1, -0.05) is 39.8 Å². The smallest absolute Gasteiger partial charge is 0.122 e. The van der Waals surface area contributed by atoms with Gasteiger partial charge in [-0.15, -0.1) is 0 Å². The molecular weight excluding hydrogens is 222 g/mol. The van der Waals surface area contributed by atoms with Gasteiger partial charge in [0.1, 0.15) is 5.75 Å². The Labute approximate surface area is 112 Å². The van der Waals surface area contributed by atoms with Crippen LogP contribution in [0.15, 0.2) is 18.2 Å². The van der Waals surface area contributed by atoms with E-state index >= 15 is 0 Å². The van der Waals surface area contributed by atoms with E-state index in [-0.39, 0.29) is 5.41 Å². The zero-order valence-electron chi connectivity index (χ0n) is 12.6. The number of rotatable bonds is 5. The summed E-state index contributed by atoms with van der Waals surface area (Å²) in [4.78, 5) is 0. The van der Waals surface area contributed by atoms with Crippen LogP contribution in [0.25, 0.3) is 0 Å². The lowest BCUT2D eigenvalue weighted by molar-refractivity contribution is 0.404. The predicted molar refractivity (Wildman–Crippen MR) is 78.7 cm³/mol. The van der Waals surface area contributed by atoms with Crippen molar-refractivity contribution in [1.29, 1.82) is 0 Å². The molecule has 1 N–H and O–H groups in total. The van der Waals surface area contributed by atoms with Gasteiger partial charge in [-0.25, -0.2) is 0 Å². The fourth-order valence-electron chi connectivity index (χ4n) is 2.10. The van der Waals surface area contributed by atoms with E-state index in [1.54, 1.807) is 7.11 Å². The summed E-state index contributed by atoms with van der Waals surface area (Å²) in [7, 11) is 3.75. The third-order valence-electron chi connectivity index (χ3n) is 3.45. The first-order chi connectivity index (χ1) is 8.40. The van der Waals surface area contributed by atoms with Crippen molar-refractivity contribution >= 4 is 0 Å². The normalized spacial score (nSPS) is 13.4. The molecule has 1 aromatic rings. The maximum atomic E-state index is 5.49. The number of benzene rings is 1. The molecule has 2 heteroatoms. The topological polar surface area (TPSA) is 21.3 Å². The maximum absolute atomic E-state index is 5.49. The summed E-state index contributed by atoms with van der Waals surface area (Å²) < 4.78 is 5.49. The molecule has 1 aromatic carbocycles. The van der Waals surface area contributed by atoms with Gasteiger partial charge in [0, 0.05) is 0 Å². The highest BCUT2D eigenvalue weighted by molar-refractivity contribution is 5.41. The molecule has 1 atom stereocenters. The molecule has 0 saturated carbocycles. The number of hydrogen-bond acceptors (Lipinski definition) is 2. The predicted octanol–water partition coefficient (Wildman–Crippen LogP) is 3.71. The molecule has 1 unspecified atom stereocenters. The Balaban J connectivity index is 3.06. The molecule has 0 bridgehead atoms. The minimum Gasteiger partial charge on any atom is -0.496 e. The van der Waals surface area contributed by atoms with Crippen molar-refractivity contribution in [3.05, 3.63) is 29.3 Å². The second-order valence-electron chi connectivity index (χ2n) is 6.00. The minimum atomic E-state index is 0.184. The Morgan fingerprint density at radius 2 is 1.94 bits per heavy atom. The average Bonchev–Trinajstić information content (AvgIpc) is 2.34. The van der Waals surface area contributed by atoms with E-state index in [1.807, 2.05) is 7.05 Å². The van der Waals surface area contributed by atoms with E-state index in [4.69, 9.17) is 4.74 Å². The second kappa shape index (κ2) is 6.24. The first kappa shape index (κ1) is 15.0. The van der Waals surface area contributed by atoms with Crippen LogP contribution in [0.3, 0.4) is 0 Å². The van der Waals surface area contributed by atoms with Crippen molar-refractivity contribution in [2.75, 3.05) is 20.7 Å². The molecule has 0 heterocycles. The average molecular weight is 249 g/mol. The third kappa shape index (κ3) is 3.74. The number of hydrogen-bond donors (Lipinski definition) is 1. The van der Waals surface area contributed by atoms with Crippen molar-refractivity contribution in [2.24, 2.45) is 0 Å². The zero-order chi connectivity index (χ0) is 13.8. The van der Waals surface area contributed by atoms with Crippen molar-refractivity contribution in [3.63, 3.8) is 0 Å². The lowest BCUT2D eigenvalue weighted by atomic mass is 9.84. The van der Waals surface area contributed by atoms with Crippen molar-refractivity contribution in [1.82, 2.24) is 5.32 Å². The van der Waals surface area contributed by atoms with Crippen LogP contribution in [0.1, 0.15) is 51.2 Å². The van der Waals surface area contributed by atoms with Crippen LogP contribution in [0.2, 0.25) is 0 Å². The van der Waals surface area contributed by atoms with Crippen molar-refractivity contribution in [2.45, 2.75) is 45.4 Å². The number of methoxy groups -OCH3 is 1. The number of ether oxygens (including phenoxy) is 1. The summed E-state index contributed by atoms with van der Waals surface area (Å²) in [5.74, 6) is 1.52. The fraction of sp³-hybridized carbons (Fsp3) is 0.625. The van der Waals surface area contributed by atoms with E-state index < -0.39 is 0 Å². The van der Waals surface area contributed by atoms with Crippen LogP contribution in [-0.4, -0.2) is 20.7 Å². The summed E-state index contributed by atoms with van der Waals surface area (Å²) in [5.41, 5.74) is 2.87. The first-order valence-electron chi connectivity index (χ1n) is 6.73. The Kier molecular flexibility index (Phi) is 5.21. The maximum Gasteiger partial charge on any atom is 0.122 e. The van der Waals surface area contributed by atoms with Crippen LogP contribution in [0.5, 0.6) is 5.75 Å². The quantitative estimate of drug-likeness (QED) is 0.859. The molecule has 0 fully saturated rings. The zero-order valence-corrected chi connectivity index (χ0v) is 12.6. The molecule has 2 nitrogen and oxygen atoms in total. The molecule has 0 aliphatic heterocycles. The van der Waals surface area contributed by atoms with Crippen LogP contribution in [0.4, 0.5) is 0 Å². The molecule has 0 saturated heterocycles. The van der Waals surface area contributed by atoms with Gasteiger partial charge >= 0.3 is 0 Å². The van der Waals surface area contributed by atoms with Gasteiger partial charge in [-0.2, -0.15) is 0 Å². The van der Waals surface area contributed by atoms with Gasteiger partial charge in [-0.05, 0) is 48.5 Å². The Bertz CT molecular complexity index is 379. The summed E-state index contributed by atoms with van der Waals surface area (Å²) >= 11 is 0. The molecule has 0 spiro atoms. The molecular formula is C16H27NO. The van der Waals surface area contributed by atoms with Crippen LogP contribution in [-0.2, 0) is 5.41 Å². The van der Waals surface area contributed by atoms with Gasteiger partial charge in [0.2, 0.25) is 0 Å². The van der Waals surface area contributed by atoms with Crippen molar-refractivity contribution in [3.8, 4) is 5.75 Å². The molecule has 1 rings (SSSR count). The van der Waals surface area contributed by atoms with Gasteiger partial charge < -0.3 is 10.1 Å². The van der Waals surface area contributed by atoms with Crippen LogP contribution in [0, 0.1) is 0 Å². The minimum absolute atomic E-state index is 0.184. The highest BCUT2D eigenvalue weighted by Crippen LogP contribution is 2.33. The van der Waals surface area contributed by atoms with E-state index in [1.165, 1.54) is 11.1 Å². The van der Waals surface area contributed by atoms with E-state index in [0.717, 1.165) is 18.7 Å². The lowest BCUT2D eigenvalue weighted by Crippen LogP contribution is -2.14. The van der Waals surface area contributed by atoms with Gasteiger partial charge in [-0.3, -0.25) is 0 Å². The third-order valence-corrected chi connectivity index (χ3v) is 3.45. The Morgan fingerprint density at radius 1 is 1.28 bits per heavy atom. The van der Waals surface area contributed by atoms with Gasteiger partial charge in [0.25, 0.3) is 0 Å². The fourth-order valence-corrected chi connectivity index (χ4v) is 2.10. The standard InChI is InChI=1S/C16H27NO/c1-12(9-10-17-5)14-11-13(16(2,3)4)7-8-15(14)18-6/h7-8,11-12,17H,9-10H2,1-6H3. The van der Waals surface area contributed by atoms with Gasteiger partial charge in [0.15, 0.2) is 0 Å². The van der Waals surface area contributed by atoms with Gasteiger partial charge in [0.05, 0.1) is 7.11 Å². The summed E-state index contributed by atoms with van der Waals surface area (Å²) in [6, 6.07) is 6.58. The van der Waals surface area contributed by atoms with E-state index in [2.05, 4.69) is 51.2 Å². The van der Waals surface area contributed by atoms with E-state index in [0.29, 0.717) is 5.92 Å². The summed E-state index contributed by atoms with van der Waals surface area (Å²) in [5, 5.41) is 3.21. The Morgan fingerprint density at radius 3 is 2.44 bits per heavy atom. The molecule has 0 amide bonds. The number of nitrogens with one attached hydrogen (secondary N) is 1. The molecule has 18 heavy (non-hydrogen) atoms. The highest BCUT2D eigenvalue weighted by Gasteiger charge is 2.18. The second-order valence-corrected chi connectivity index (χ2v) is 6.00. The molecule has 102 valence electrons.